The summed E-state index contributed by atoms with van der Waals surface area (Å²) in [7, 11) is -3.36. The standard InChI is InChI=1S/C20H43O4P/c1-4-7-10-11-12-13-14-15-16-17-20-24-25(21,22-18-8-5-2)23-19-9-6-3/h4-20H2,1-3H3. The van der Waals surface area contributed by atoms with Crippen LogP contribution in [0.4, 0.5) is 0 Å². The first-order chi connectivity index (χ1) is 12.2. The highest BCUT2D eigenvalue weighted by Gasteiger charge is 2.25. The highest BCUT2D eigenvalue weighted by atomic mass is 31.2. The number of phosphoric acid groups is 1. The molecule has 0 atom stereocenters. The van der Waals surface area contributed by atoms with Gasteiger partial charge in [-0.3, -0.25) is 13.6 Å². The molecule has 0 saturated carbocycles. The van der Waals surface area contributed by atoms with Crippen LogP contribution in [0.15, 0.2) is 0 Å². The first kappa shape index (κ1) is 25.1. The van der Waals surface area contributed by atoms with E-state index in [1.807, 2.05) is 0 Å². The molecule has 25 heavy (non-hydrogen) atoms. The topological polar surface area (TPSA) is 44.8 Å². The number of hydrogen-bond donors (Lipinski definition) is 0. The highest BCUT2D eigenvalue weighted by molar-refractivity contribution is 7.48. The molecule has 0 unspecified atom stereocenters. The van der Waals surface area contributed by atoms with Crippen molar-refractivity contribution in [3.63, 3.8) is 0 Å². The molecule has 0 fully saturated rings. The number of rotatable bonds is 20. The van der Waals surface area contributed by atoms with Gasteiger partial charge in [-0.2, -0.15) is 0 Å². The molecule has 0 amide bonds. The summed E-state index contributed by atoms with van der Waals surface area (Å²) >= 11 is 0. The second-order valence-electron chi connectivity index (χ2n) is 6.84. The van der Waals surface area contributed by atoms with E-state index in [0.29, 0.717) is 19.8 Å². The Hall–Kier alpha value is 0.110. The van der Waals surface area contributed by atoms with Crippen LogP contribution in [0, 0.1) is 0 Å². The van der Waals surface area contributed by atoms with Crippen molar-refractivity contribution in [2.45, 2.75) is 111 Å². The number of hydrogen-bond acceptors (Lipinski definition) is 4. The minimum absolute atomic E-state index is 0.442. The van der Waals surface area contributed by atoms with Crippen molar-refractivity contribution in [2.24, 2.45) is 0 Å². The average molecular weight is 379 g/mol. The van der Waals surface area contributed by atoms with E-state index in [1.54, 1.807) is 0 Å². The van der Waals surface area contributed by atoms with Gasteiger partial charge in [-0.1, -0.05) is 91.4 Å². The maximum absolute atomic E-state index is 12.6. The third-order valence-corrected chi connectivity index (χ3v) is 5.74. The van der Waals surface area contributed by atoms with Crippen molar-refractivity contribution in [1.29, 1.82) is 0 Å². The quantitative estimate of drug-likeness (QED) is 0.161. The molecule has 0 radical (unpaired) electrons. The predicted octanol–water partition coefficient (Wildman–Crippen LogP) is 7.67. The molecule has 0 bridgehead atoms. The second-order valence-corrected chi connectivity index (χ2v) is 8.50. The summed E-state index contributed by atoms with van der Waals surface area (Å²) in [5.74, 6) is 0. The van der Waals surface area contributed by atoms with Gasteiger partial charge in [-0.25, -0.2) is 4.57 Å². The van der Waals surface area contributed by atoms with Crippen molar-refractivity contribution in [3.05, 3.63) is 0 Å². The smallest absolute Gasteiger partial charge is 0.287 e. The SMILES string of the molecule is CCCCCCCCCCCCOP(=O)(OCCCC)OCCCC. The molecule has 0 aromatic carbocycles. The maximum atomic E-state index is 12.6. The van der Waals surface area contributed by atoms with Gasteiger partial charge in [0.15, 0.2) is 0 Å². The van der Waals surface area contributed by atoms with Crippen molar-refractivity contribution in [3.8, 4) is 0 Å². The molecule has 0 aliphatic carbocycles. The lowest BCUT2D eigenvalue weighted by Gasteiger charge is -2.18. The number of unbranched alkanes of at least 4 members (excludes halogenated alkanes) is 11. The van der Waals surface area contributed by atoms with Gasteiger partial charge in [-0.15, -0.1) is 0 Å². The first-order valence-corrected chi connectivity index (χ1v) is 12.2. The zero-order valence-electron chi connectivity index (χ0n) is 17.1. The van der Waals surface area contributed by atoms with Crippen LogP contribution in [-0.4, -0.2) is 19.8 Å². The van der Waals surface area contributed by atoms with Gasteiger partial charge in [0.2, 0.25) is 0 Å². The zero-order chi connectivity index (χ0) is 18.6. The van der Waals surface area contributed by atoms with Gasteiger partial charge >= 0.3 is 7.82 Å². The van der Waals surface area contributed by atoms with Crippen molar-refractivity contribution in [2.75, 3.05) is 19.8 Å². The summed E-state index contributed by atoms with van der Waals surface area (Å²) in [5, 5.41) is 0. The van der Waals surface area contributed by atoms with Gasteiger partial charge < -0.3 is 0 Å². The molecule has 152 valence electrons. The Morgan fingerprint density at radius 3 is 1.20 bits per heavy atom. The Labute approximate surface area is 157 Å². The normalized spacial score (nSPS) is 12.0. The lowest BCUT2D eigenvalue weighted by Crippen LogP contribution is -2.04. The van der Waals surface area contributed by atoms with E-state index in [1.165, 1.54) is 51.4 Å². The Kier molecular flexibility index (Phi) is 19.0. The van der Waals surface area contributed by atoms with E-state index in [-0.39, 0.29) is 0 Å². The number of phosphoric ester groups is 1. The van der Waals surface area contributed by atoms with Crippen LogP contribution in [0.5, 0.6) is 0 Å². The molecule has 0 saturated heterocycles. The molecule has 0 heterocycles. The van der Waals surface area contributed by atoms with Gasteiger partial charge in [0.25, 0.3) is 0 Å². The fraction of sp³-hybridized carbons (Fsp3) is 1.00. The molecule has 0 aliphatic heterocycles. The molecule has 0 spiro atoms. The Morgan fingerprint density at radius 1 is 0.480 bits per heavy atom. The van der Waals surface area contributed by atoms with E-state index < -0.39 is 7.82 Å². The molecular weight excluding hydrogens is 335 g/mol. The molecule has 0 rings (SSSR count). The minimum Gasteiger partial charge on any atom is -0.287 e. The molecule has 0 N–H and O–H groups in total. The van der Waals surface area contributed by atoms with Crippen LogP contribution in [-0.2, 0) is 18.1 Å². The lowest BCUT2D eigenvalue weighted by molar-refractivity contribution is 0.109. The third kappa shape index (κ3) is 17.3. The fourth-order valence-electron chi connectivity index (χ4n) is 2.52. The zero-order valence-corrected chi connectivity index (χ0v) is 18.0. The van der Waals surface area contributed by atoms with Crippen molar-refractivity contribution in [1.82, 2.24) is 0 Å². The molecule has 0 aromatic rings. The van der Waals surface area contributed by atoms with E-state index in [9.17, 15) is 4.57 Å². The maximum Gasteiger partial charge on any atom is 0.474 e. The molecule has 0 aliphatic rings. The van der Waals surface area contributed by atoms with Gasteiger partial charge in [0, 0.05) is 0 Å². The van der Waals surface area contributed by atoms with Gasteiger partial charge in [0.1, 0.15) is 0 Å². The summed E-state index contributed by atoms with van der Waals surface area (Å²) in [5.41, 5.74) is 0. The van der Waals surface area contributed by atoms with E-state index in [2.05, 4.69) is 20.8 Å². The van der Waals surface area contributed by atoms with Crippen LogP contribution in [0.1, 0.15) is 111 Å². The van der Waals surface area contributed by atoms with E-state index in [4.69, 9.17) is 13.6 Å². The van der Waals surface area contributed by atoms with Crippen LogP contribution >= 0.6 is 7.82 Å². The van der Waals surface area contributed by atoms with Crippen LogP contribution in [0.25, 0.3) is 0 Å². The average Bonchev–Trinajstić information content (AvgIpc) is 2.60. The van der Waals surface area contributed by atoms with Crippen molar-refractivity contribution < 1.29 is 18.1 Å². The third-order valence-electron chi connectivity index (χ3n) is 4.24. The fourth-order valence-corrected chi connectivity index (χ4v) is 3.80. The van der Waals surface area contributed by atoms with E-state index >= 15 is 0 Å². The summed E-state index contributed by atoms with van der Waals surface area (Å²) in [6, 6.07) is 0. The summed E-state index contributed by atoms with van der Waals surface area (Å²) in [6.45, 7) is 7.76. The second kappa shape index (κ2) is 18.9. The van der Waals surface area contributed by atoms with Gasteiger partial charge in [-0.05, 0) is 19.3 Å². The lowest BCUT2D eigenvalue weighted by atomic mass is 10.1. The molecular formula is C20H43O4P. The van der Waals surface area contributed by atoms with Crippen LogP contribution in [0.3, 0.4) is 0 Å². The summed E-state index contributed by atoms with van der Waals surface area (Å²) < 4.78 is 28.9. The largest absolute Gasteiger partial charge is 0.474 e. The summed E-state index contributed by atoms with van der Waals surface area (Å²) in [4.78, 5) is 0. The predicted molar refractivity (Wildman–Crippen MR) is 107 cm³/mol. The van der Waals surface area contributed by atoms with E-state index in [0.717, 1.165) is 38.5 Å². The Morgan fingerprint density at radius 2 is 0.800 bits per heavy atom. The monoisotopic (exact) mass is 378 g/mol. The van der Waals surface area contributed by atoms with Crippen LogP contribution < -0.4 is 0 Å². The van der Waals surface area contributed by atoms with Crippen LogP contribution in [0.2, 0.25) is 0 Å². The van der Waals surface area contributed by atoms with Crippen molar-refractivity contribution >= 4 is 7.82 Å². The highest BCUT2D eigenvalue weighted by Crippen LogP contribution is 2.49. The first-order valence-electron chi connectivity index (χ1n) is 10.7. The molecule has 0 aromatic heterocycles. The minimum atomic E-state index is -3.36. The Bertz CT molecular complexity index is 296. The van der Waals surface area contributed by atoms with Gasteiger partial charge in [0.05, 0.1) is 19.8 Å². The Balaban J connectivity index is 3.70. The summed E-state index contributed by atoms with van der Waals surface area (Å²) in [6.07, 6.45) is 16.5. The molecule has 5 heteroatoms. The molecule has 4 nitrogen and oxygen atoms in total.